The maximum Gasteiger partial charge on any atom is 0.124 e. The molecule has 74 valence electrons. The van der Waals surface area contributed by atoms with Gasteiger partial charge in [-0.25, -0.2) is 4.39 Å². The number of aromatic hydroxyl groups is 1. The summed E-state index contributed by atoms with van der Waals surface area (Å²) in [5.41, 5.74) is 6.49. The minimum absolute atomic E-state index is 0. The number of benzene rings is 1. The number of rotatable bonds is 1. The zero-order chi connectivity index (χ0) is 9.30. The Hall–Kier alpha value is -0.800. The molecule has 4 heteroatoms. The number of phenols is 1. The minimum atomic E-state index is -0.363. The number of hydrogen-bond acceptors (Lipinski definition) is 2. The zero-order valence-electron chi connectivity index (χ0n) is 7.54. The zero-order valence-corrected chi connectivity index (χ0v) is 8.36. The van der Waals surface area contributed by atoms with Crippen molar-refractivity contribution in [1.82, 2.24) is 0 Å². The van der Waals surface area contributed by atoms with Crippen molar-refractivity contribution in [1.29, 1.82) is 0 Å². The summed E-state index contributed by atoms with van der Waals surface area (Å²) in [6, 6.07) is 2.19. The first kappa shape index (κ1) is 12.2. The second-order valence-electron chi connectivity index (χ2n) is 2.95. The van der Waals surface area contributed by atoms with Gasteiger partial charge in [-0.1, -0.05) is 0 Å². The van der Waals surface area contributed by atoms with Crippen LogP contribution in [0.25, 0.3) is 0 Å². The lowest BCUT2D eigenvalue weighted by molar-refractivity contribution is 0.456. The van der Waals surface area contributed by atoms with Gasteiger partial charge in [0.05, 0.1) is 0 Å². The van der Waals surface area contributed by atoms with Gasteiger partial charge in [0, 0.05) is 11.6 Å². The molecule has 0 aliphatic carbocycles. The van der Waals surface area contributed by atoms with Crippen LogP contribution >= 0.6 is 12.4 Å². The lowest BCUT2D eigenvalue weighted by atomic mass is 10.0. The van der Waals surface area contributed by atoms with E-state index in [9.17, 15) is 9.50 Å². The van der Waals surface area contributed by atoms with Crippen LogP contribution in [0.5, 0.6) is 5.75 Å². The van der Waals surface area contributed by atoms with Crippen molar-refractivity contribution in [3.63, 3.8) is 0 Å². The molecule has 1 aromatic carbocycles. The van der Waals surface area contributed by atoms with Gasteiger partial charge in [-0.05, 0) is 31.5 Å². The normalized spacial score (nSPS) is 12.0. The maximum absolute atomic E-state index is 12.8. The molecular formula is C9H13ClFNO. The number of halogens is 2. The quantitative estimate of drug-likeness (QED) is 0.739. The van der Waals surface area contributed by atoms with Crippen molar-refractivity contribution in [3.8, 4) is 5.75 Å². The van der Waals surface area contributed by atoms with Crippen LogP contribution < -0.4 is 5.73 Å². The summed E-state index contributed by atoms with van der Waals surface area (Å²) in [6.07, 6.45) is 0. The summed E-state index contributed by atoms with van der Waals surface area (Å²) in [5.74, 6) is -0.274. The fourth-order valence-corrected chi connectivity index (χ4v) is 1.11. The lowest BCUT2D eigenvalue weighted by Crippen LogP contribution is -2.06. The predicted octanol–water partition coefficient (Wildman–Crippen LogP) is 2.28. The van der Waals surface area contributed by atoms with E-state index in [0.717, 1.165) is 0 Å². The first-order valence-electron chi connectivity index (χ1n) is 3.77. The molecule has 0 bridgehead atoms. The molecule has 0 fully saturated rings. The molecule has 0 spiro atoms. The van der Waals surface area contributed by atoms with Gasteiger partial charge in [0.25, 0.3) is 0 Å². The van der Waals surface area contributed by atoms with Crippen LogP contribution in [0.1, 0.15) is 24.1 Å². The van der Waals surface area contributed by atoms with Crippen LogP contribution in [0.3, 0.4) is 0 Å². The van der Waals surface area contributed by atoms with Crippen LogP contribution in [0, 0.1) is 12.7 Å². The molecule has 0 saturated carbocycles. The molecule has 13 heavy (non-hydrogen) atoms. The van der Waals surface area contributed by atoms with Gasteiger partial charge in [-0.15, -0.1) is 12.4 Å². The second-order valence-corrected chi connectivity index (χ2v) is 2.95. The summed E-state index contributed by atoms with van der Waals surface area (Å²) < 4.78 is 12.8. The lowest BCUT2D eigenvalue weighted by Gasteiger charge is -2.10. The van der Waals surface area contributed by atoms with Crippen LogP contribution in [0.4, 0.5) is 4.39 Å². The van der Waals surface area contributed by atoms with Gasteiger partial charge in [0.1, 0.15) is 11.6 Å². The highest BCUT2D eigenvalue weighted by Crippen LogP contribution is 2.27. The summed E-state index contributed by atoms with van der Waals surface area (Å²) in [6.45, 7) is 3.35. The molecule has 2 nitrogen and oxygen atoms in total. The minimum Gasteiger partial charge on any atom is -0.507 e. The van der Waals surface area contributed by atoms with Crippen LogP contribution in [-0.4, -0.2) is 5.11 Å². The van der Waals surface area contributed by atoms with E-state index in [-0.39, 0.29) is 30.0 Å². The average molecular weight is 206 g/mol. The molecule has 0 heterocycles. The van der Waals surface area contributed by atoms with Crippen LogP contribution in [0.2, 0.25) is 0 Å². The Bertz CT molecular complexity index is 302. The molecule has 1 rings (SSSR count). The Morgan fingerprint density at radius 1 is 1.46 bits per heavy atom. The molecular weight excluding hydrogens is 193 g/mol. The smallest absolute Gasteiger partial charge is 0.124 e. The van der Waals surface area contributed by atoms with E-state index >= 15 is 0 Å². The molecule has 0 radical (unpaired) electrons. The summed E-state index contributed by atoms with van der Waals surface area (Å²) in [5, 5.41) is 9.45. The summed E-state index contributed by atoms with van der Waals surface area (Å²) in [4.78, 5) is 0. The monoisotopic (exact) mass is 205 g/mol. The summed E-state index contributed by atoms with van der Waals surface area (Å²) >= 11 is 0. The molecule has 0 unspecified atom stereocenters. The Kier molecular flexibility index (Phi) is 4.17. The Balaban J connectivity index is 0.00000144. The maximum atomic E-state index is 12.8. The fraction of sp³-hybridized carbons (Fsp3) is 0.333. The van der Waals surface area contributed by atoms with Gasteiger partial charge in [-0.2, -0.15) is 0 Å². The first-order chi connectivity index (χ1) is 5.52. The summed E-state index contributed by atoms with van der Waals surface area (Å²) in [7, 11) is 0. The molecule has 0 aromatic heterocycles. The molecule has 3 N–H and O–H groups in total. The first-order valence-corrected chi connectivity index (χ1v) is 3.77. The van der Waals surface area contributed by atoms with Gasteiger partial charge >= 0.3 is 0 Å². The number of nitrogens with two attached hydrogens (primary N) is 1. The molecule has 0 aliphatic rings. The van der Waals surface area contributed by atoms with Gasteiger partial charge < -0.3 is 10.8 Å². The molecule has 1 atom stereocenters. The van der Waals surface area contributed by atoms with E-state index in [4.69, 9.17) is 5.73 Å². The highest BCUT2D eigenvalue weighted by atomic mass is 35.5. The highest BCUT2D eigenvalue weighted by molar-refractivity contribution is 5.85. The largest absolute Gasteiger partial charge is 0.507 e. The topological polar surface area (TPSA) is 46.2 Å². The van der Waals surface area contributed by atoms with Crippen molar-refractivity contribution in [2.24, 2.45) is 5.73 Å². The average Bonchev–Trinajstić information content (AvgIpc) is 1.96. The van der Waals surface area contributed by atoms with E-state index in [2.05, 4.69) is 0 Å². The van der Waals surface area contributed by atoms with Crippen molar-refractivity contribution in [2.45, 2.75) is 19.9 Å². The SMILES string of the molecule is Cc1cc(F)cc([C@H](C)N)c1O.Cl. The highest BCUT2D eigenvalue weighted by Gasteiger charge is 2.09. The standard InChI is InChI=1S/C9H12FNO.ClH/c1-5-3-7(10)4-8(6(2)11)9(5)12;/h3-4,6,12H,11H2,1-2H3;1H/t6-;/m0./s1. The predicted molar refractivity (Wildman–Crippen MR) is 52.7 cm³/mol. The third-order valence-electron chi connectivity index (χ3n) is 1.79. The molecule has 1 aromatic rings. The van der Waals surface area contributed by atoms with E-state index in [1.165, 1.54) is 12.1 Å². The van der Waals surface area contributed by atoms with Gasteiger partial charge in [0.2, 0.25) is 0 Å². The molecule has 0 amide bonds. The van der Waals surface area contributed by atoms with Crippen molar-refractivity contribution < 1.29 is 9.50 Å². The number of hydrogen-bond donors (Lipinski definition) is 2. The van der Waals surface area contributed by atoms with Crippen molar-refractivity contribution in [3.05, 3.63) is 29.1 Å². The fourth-order valence-electron chi connectivity index (χ4n) is 1.11. The van der Waals surface area contributed by atoms with Crippen LogP contribution in [0.15, 0.2) is 12.1 Å². The van der Waals surface area contributed by atoms with Gasteiger partial charge in [0.15, 0.2) is 0 Å². The van der Waals surface area contributed by atoms with Crippen LogP contribution in [-0.2, 0) is 0 Å². The van der Waals surface area contributed by atoms with Gasteiger partial charge in [-0.3, -0.25) is 0 Å². The van der Waals surface area contributed by atoms with E-state index in [1.807, 2.05) is 0 Å². The van der Waals surface area contributed by atoms with E-state index < -0.39 is 0 Å². The second kappa shape index (κ2) is 4.44. The third kappa shape index (κ3) is 2.57. The Morgan fingerprint density at radius 2 is 2.00 bits per heavy atom. The molecule has 0 aliphatic heterocycles. The number of aryl methyl sites for hydroxylation is 1. The van der Waals surface area contributed by atoms with Crippen molar-refractivity contribution in [2.75, 3.05) is 0 Å². The van der Waals surface area contributed by atoms with E-state index in [1.54, 1.807) is 13.8 Å². The Labute approximate surface area is 83.0 Å². The Morgan fingerprint density at radius 3 is 2.46 bits per heavy atom. The molecule has 0 saturated heterocycles. The van der Waals surface area contributed by atoms with Crippen molar-refractivity contribution >= 4 is 12.4 Å². The van der Waals surface area contributed by atoms with E-state index in [0.29, 0.717) is 11.1 Å². The number of phenolic OH excluding ortho intramolecular Hbond substituents is 1. The third-order valence-corrected chi connectivity index (χ3v) is 1.79.